The normalized spacial score (nSPS) is 12.0. The van der Waals surface area contributed by atoms with Gasteiger partial charge in [-0.15, -0.1) is 0 Å². The molecule has 0 bridgehead atoms. The summed E-state index contributed by atoms with van der Waals surface area (Å²) < 4.78 is 15.5. The van der Waals surface area contributed by atoms with E-state index < -0.39 is 31.0 Å². The highest BCUT2D eigenvalue weighted by Gasteiger charge is 2.36. The first kappa shape index (κ1) is 39.2. The number of carbonyl (C=O) groups is 3. The largest absolute Gasteiger partial charge is 0.491 e. The van der Waals surface area contributed by atoms with E-state index >= 15 is 0 Å². The summed E-state index contributed by atoms with van der Waals surface area (Å²) in [6, 6.07) is 8.99. The molecule has 16 nitrogen and oxygen atoms in total. The van der Waals surface area contributed by atoms with Gasteiger partial charge in [-0.2, -0.15) is 5.10 Å². The molecule has 6 N–H and O–H groups in total. The number of anilines is 2. The van der Waals surface area contributed by atoms with E-state index in [4.69, 9.17) is 20.6 Å². The molecule has 0 saturated heterocycles. The van der Waals surface area contributed by atoms with Crippen molar-refractivity contribution in [2.24, 2.45) is 11.5 Å². The number of hydrogen-bond acceptors (Lipinski definition) is 10. The predicted octanol–water partition coefficient (Wildman–Crippen LogP) is 5.38. The van der Waals surface area contributed by atoms with Crippen molar-refractivity contribution in [3.8, 4) is 5.75 Å². The smallest absolute Gasteiger partial charge is 0.296 e. The second-order valence-electron chi connectivity index (χ2n) is 13.7. The molecule has 0 atom stereocenters. The fourth-order valence-corrected chi connectivity index (χ4v) is 6.17. The number of aryl methyl sites for hydroxylation is 2. The maximum atomic E-state index is 13.3. The quantitative estimate of drug-likeness (QED) is 0.0356. The molecule has 2 aromatic heterocycles. The highest BCUT2D eigenvalue weighted by atomic mass is 28.4. The maximum absolute atomic E-state index is 13.3. The van der Waals surface area contributed by atoms with Gasteiger partial charge in [-0.25, -0.2) is 4.98 Å². The van der Waals surface area contributed by atoms with Crippen LogP contribution in [0.15, 0.2) is 48.6 Å². The molecule has 0 fully saturated rings. The van der Waals surface area contributed by atoms with Gasteiger partial charge in [0.1, 0.15) is 11.4 Å². The number of allylic oxidation sites excluding steroid dienone is 1. The Balaban J connectivity index is 1.54. The second kappa shape index (κ2) is 16.2. The fraction of sp³-hybridized carbons (Fsp3) is 0.400. The fourth-order valence-electron chi connectivity index (χ4n) is 5.09. The van der Waals surface area contributed by atoms with Crippen LogP contribution in [-0.2, 0) is 17.5 Å². The summed E-state index contributed by atoms with van der Waals surface area (Å²) in [5.74, 6) is -1.51. The molecule has 52 heavy (non-hydrogen) atoms. The van der Waals surface area contributed by atoms with Gasteiger partial charge in [0, 0.05) is 49.9 Å². The van der Waals surface area contributed by atoms with Gasteiger partial charge in [-0.1, -0.05) is 32.9 Å². The van der Waals surface area contributed by atoms with Crippen LogP contribution in [0.1, 0.15) is 71.0 Å². The lowest BCUT2D eigenvalue weighted by molar-refractivity contribution is -0.384. The van der Waals surface area contributed by atoms with Crippen LogP contribution in [0, 0.1) is 17.0 Å². The summed E-state index contributed by atoms with van der Waals surface area (Å²) in [5, 5.41) is 22.4. The number of nitro groups is 1. The molecule has 2 aromatic carbocycles. The molecular formula is C35H47N9O7Si. The number of nitrogens with zero attached hydrogens (tertiary/aromatic N) is 5. The molecule has 0 aliphatic rings. The van der Waals surface area contributed by atoms with Gasteiger partial charge in [0.05, 0.1) is 28.3 Å². The molecule has 2 heterocycles. The molecule has 278 valence electrons. The average molecular weight is 734 g/mol. The van der Waals surface area contributed by atoms with E-state index in [1.165, 1.54) is 6.07 Å². The third kappa shape index (κ3) is 9.21. The number of hydrogen-bond donors (Lipinski definition) is 4. The Morgan fingerprint density at radius 2 is 1.75 bits per heavy atom. The van der Waals surface area contributed by atoms with Gasteiger partial charge in [0.2, 0.25) is 17.8 Å². The minimum atomic E-state index is -1.97. The van der Waals surface area contributed by atoms with E-state index in [9.17, 15) is 24.5 Å². The molecule has 0 aliphatic carbocycles. The van der Waals surface area contributed by atoms with Crippen molar-refractivity contribution in [3.05, 3.63) is 81.2 Å². The van der Waals surface area contributed by atoms with Gasteiger partial charge in [0.25, 0.3) is 11.6 Å². The number of imidazole rings is 1. The summed E-state index contributed by atoms with van der Waals surface area (Å²) in [6.07, 6.45) is 4.06. The lowest BCUT2D eigenvalue weighted by Gasteiger charge is -2.36. The zero-order valence-electron chi connectivity index (χ0n) is 30.6. The van der Waals surface area contributed by atoms with Crippen LogP contribution in [0.25, 0.3) is 11.0 Å². The predicted molar refractivity (Wildman–Crippen MR) is 201 cm³/mol. The number of benzene rings is 2. The Hall–Kier alpha value is -5.55. The number of nitrogens with one attached hydrogen (secondary N) is 2. The molecule has 0 aliphatic heterocycles. The lowest BCUT2D eigenvalue weighted by Crippen LogP contribution is -2.41. The molecular weight excluding hydrogens is 687 g/mol. The zero-order valence-corrected chi connectivity index (χ0v) is 31.6. The van der Waals surface area contributed by atoms with Crippen LogP contribution in [0.4, 0.5) is 17.3 Å². The maximum Gasteiger partial charge on any atom is 0.296 e. The Kier molecular flexibility index (Phi) is 12.2. The van der Waals surface area contributed by atoms with Crippen molar-refractivity contribution in [1.29, 1.82) is 0 Å². The molecule has 0 unspecified atom stereocenters. The average Bonchev–Trinajstić information content (AvgIpc) is 3.62. The number of rotatable bonds is 17. The lowest BCUT2D eigenvalue weighted by atomic mass is 10.1. The van der Waals surface area contributed by atoms with Crippen molar-refractivity contribution < 1.29 is 28.5 Å². The van der Waals surface area contributed by atoms with Crippen LogP contribution < -0.4 is 26.8 Å². The third-order valence-corrected chi connectivity index (χ3v) is 13.5. The number of carbonyl (C=O) groups excluding carboxylic acids is 3. The summed E-state index contributed by atoms with van der Waals surface area (Å²) in [7, 11) is -1.97. The highest BCUT2D eigenvalue weighted by Crippen LogP contribution is 2.38. The van der Waals surface area contributed by atoms with Gasteiger partial charge in [-0.3, -0.25) is 34.5 Å². The Bertz CT molecular complexity index is 2010. The molecule has 0 radical (unpaired) electrons. The summed E-state index contributed by atoms with van der Waals surface area (Å²) in [6.45, 7) is 15.9. The molecule has 3 amide bonds. The molecule has 4 aromatic rings. The second-order valence-corrected chi connectivity index (χ2v) is 18.5. The van der Waals surface area contributed by atoms with E-state index in [-0.39, 0.29) is 58.9 Å². The first-order valence-corrected chi connectivity index (χ1v) is 19.8. The highest BCUT2D eigenvalue weighted by molar-refractivity contribution is 6.74. The zero-order chi connectivity index (χ0) is 38.4. The van der Waals surface area contributed by atoms with Crippen LogP contribution >= 0.6 is 0 Å². The minimum absolute atomic E-state index is 0.0440. The van der Waals surface area contributed by atoms with Crippen molar-refractivity contribution in [3.63, 3.8) is 0 Å². The van der Waals surface area contributed by atoms with Crippen LogP contribution in [-0.4, -0.2) is 70.1 Å². The Morgan fingerprint density at radius 3 is 2.38 bits per heavy atom. The topological polar surface area (TPSA) is 225 Å². The number of amides is 3. The summed E-state index contributed by atoms with van der Waals surface area (Å²) >= 11 is 0. The number of nitrogens with two attached hydrogens (primary N) is 2. The van der Waals surface area contributed by atoms with E-state index in [0.717, 1.165) is 6.07 Å². The van der Waals surface area contributed by atoms with Crippen LogP contribution in [0.3, 0.4) is 0 Å². The number of fused-ring (bicyclic) bond motifs is 1. The van der Waals surface area contributed by atoms with E-state index in [1.807, 2.05) is 6.92 Å². The van der Waals surface area contributed by atoms with Gasteiger partial charge in [0.15, 0.2) is 14.0 Å². The van der Waals surface area contributed by atoms with Gasteiger partial charge < -0.3 is 30.5 Å². The third-order valence-electron chi connectivity index (χ3n) is 8.92. The molecule has 0 spiro atoms. The first-order chi connectivity index (χ1) is 24.4. The van der Waals surface area contributed by atoms with Crippen molar-refractivity contribution in [2.75, 3.05) is 30.4 Å². The molecule has 4 rings (SSSR count). The number of aromatic nitrogens is 4. The Morgan fingerprint density at radius 1 is 1.04 bits per heavy atom. The van der Waals surface area contributed by atoms with Crippen LogP contribution in [0.2, 0.25) is 18.1 Å². The van der Waals surface area contributed by atoms with Gasteiger partial charge >= 0.3 is 0 Å². The first-order valence-electron chi connectivity index (χ1n) is 16.9. The van der Waals surface area contributed by atoms with Gasteiger partial charge in [-0.05, 0) is 62.3 Å². The van der Waals surface area contributed by atoms with Crippen molar-refractivity contribution in [1.82, 2.24) is 19.3 Å². The molecule has 0 saturated carbocycles. The number of primary amides is 2. The summed E-state index contributed by atoms with van der Waals surface area (Å²) in [4.78, 5) is 53.2. The van der Waals surface area contributed by atoms with E-state index in [2.05, 4.69) is 54.6 Å². The van der Waals surface area contributed by atoms with Crippen molar-refractivity contribution >= 4 is 54.4 Å². The van der Waals surface area contributed by atoms with E-state index in [0.29, 0.717) is 42.0 Å². The van der Waals surface area contributed by atoms with Crippen molar-refractivity contribution in [2.45, 2.75) is 72.3 Å². The number of nitro benzene ring substituents is 1. The summed E-state index contributed by atoms with van der Waals surface area (Å²) in [5.41, 5.74) is 13.0. The number of ether oxygens (including phenoxy) is 1. The SMILES string of the molecule is CCn1nc(C)cc1C(=O)Nc1nc2cc(C(N)=O)ccc2n1CC=CCNc1c(OCCCO[Si](C)(C)C(C)(C)C)cc(C(N)=O)cc1[N+](=O)[O-]. The standard InChI is InChI=1S/C35H47N9O7Si/c1-8-43-28(18-22(2)41-43)33(47)40-34-39-25-19-23(31(36)45)12-13-26(25)42(34)15-10-9-14-38-30-27(44(48)49)20-24(32(37)46)21-29(30)50-16-11-17-51-52(6,7)35(3,4)5/h9-10,12-13,18-21,38H,8,11,14-17H2,1-7H3,(H2,36,45)(H2,37,46)(H,39,40,47). The molecule has 17 heteroatoms. The minimum Gasteiger partial charge on any atom is -0.491 e. The monoisotopic (exact) mass is 733 g/mol. The Labute approximate surface area is 302 Å². The van der Waals surface area contributed by atoms with E-state index in [1.54, 1.807) is 52.6 Å². The van der Waals surface area contributed by atoms with Crippen LogP contribution in [0.5, 0.6) is 5.75 Å².